The van der Waals surface area contributed by atoms with Crippen molar-refractivity contribution < 1.29 is 4.79 Å². The van der Waals surface area contributed by atoms with Gasteiger partial charge in [0.1, 0.15) is 11.5 Å². The van der Waals surface area contributed by atoms with Crippen molar-refractivity contribution in [2.24, 2.45) is 0 Å². The molecule has 1 amide bonds. The van der Waals surface area contributed by atoms with Gasteiger partial charge in [-0.15, -0.1) is 0 Å². The molecule has 28 heavy (non-hydrogen) atoms. The van der Waals surface area contributed by atoms with E-state index in [-0.39, 0.29) is 5.91 Å². The highest BCUT2D eigenvalue weighted by molar-refractivity contribution is 6.04. The number of carbonyl (C=O) groups is 1. The fraction of sp³-hybridized carbons (Fsp3) is 0.333. The van der Waals surface area contributed by atoms with Gasteiger partial charge in [0.15, 0.2) is 0 Å². The number of hydrogen-bond acceptors (Lipinski definition) is 2. The maximum absolute atomic E-state index is 13.1. The molecule has 4 nitrogen and oxygen atoms in total. The summed E-state index contributed by atoms with van der Waals surface area (Å²) in [6.45, 7) is 5.12. The quantitative estimate of drug-likeness (QED) is 0.665. The van der Waals surface area contributed by atoms with Gasteiger partial charge < -0.3 is 9.88 Å². The highest BCUT2D eigenvalue weighted by Crippen LogP contribution is 2.28. The lowest BCUT2D eigenvalue weighted by Gasteiger charge is -2.09. The summed E-state index contributed by atoms with van der Waals surface area (Å²) in [5, 5.41) is 3.06. The summed E-state index contributed by atoms with van der Waals surface area (Å²) in [4.78, 5) is 17.9. The number of benzene rings is 2. The van der Waals surface area contributed by atoms with E-state index in [0.29, 0.717) is 5.69 Å². The molecule has 1 aromatic heterocycles. The lowest BCUT2D eigenvalue weighted by molar-refractivity contribution is 0.102. The molecule has 0 radical (unpaired) electrons. The first-order valence-electron chi connectivity index (χ1n) is 10.2. The minimum atomic E-state index is -0.114. The standard InChI is InChI=1S/C24H27N3O/c1-3-18-8-7-9-20(16-18)25-24(28)22-21-10-5-4-6-15-27(21)23(26-22)19-13-11-17(2)12-14-19/h7-9,11-14,16H,3-6,10,15H2,1-2H3,(H,25,28). The van der Waals surface area contributed by atoms with E-state index in [1.54, 1.807) is 0 Å². The molecular weight excluding hydrogens is 346 g/mol. The smallest absolute Gasteiger partial charge is 0.276 e. The first kappa shape index (κ1) is 18.5. The number of nitrogens with zero attached hydrogens (tertiary/aromatic N) is 2. The van der Waals surface area contributed by atoms with E-state index in [2.05, 4.69) is 54.1 Å². The second-order valence-electron chi connectivity index (χ2n) is 7.57. The monoisotopic (exact) mass is 373 g/mol. The van der Waals surface area contributed by atoms with E-state index in [9.17, 15) is 4.79 Å². The van der Waals surface area contributed by atoms with Gasteiger partial charge in [-0.05, 0) is 50.3 Å². The summed E-state index contributed by atoms with van der Waals surface area (Å²) in [7, 11) is 0. The van der Waals surface area contributed by atoms with Crippen LogP contribution < -0.4 is 5.32 Å². The number of aryl methyl sites for hydroxylation is 2. The molecule has 0 fully saturated rings. The SMILES string of the molecule is CCc1cccc(NC(=O)c2nc(-c3ccc(C)cc3)n3c2CCCCC3)c1. The Morgan fingerprint density at radius 2 is 1.93 bits per heavy atom. The van der Waals surface area contributed by atoms with Gasteiger partial charge in [-0.1, -0.05) is 55.3 Å². The van der Waals surface area contributed by atoms with Crippen molar-refractivity contribution in [3.8, 4) is 11.4 Å². The minimum Gasteiger partial charge on any atom is -0.327 e. The summed E-state index contributed by atoms with van der Waals surface area (Å²) in [5.74, 6) is 0.793. The third-order valence-electron chi connectivity index (χ3n) is 5.49. The van der Waals surface area contributed by atoms with Crippen LogP contribution >= 0.6 is 0 Å². The van der Waals surface area contributed by atoms with E-state index in [1.807, 2.05) is 18.2 Å². The van der Waals surface area contributed by atoms with E-state index in [1.165, 1.54) is 17.5 Å². The molecule has 144 valence electrons. The Hall–Kier alpha value is -2.88. The van der Waals surface area contributed by atoms with Gasteiger partial charge in [0.25, 0.3) is 5.91 Å². The van der Waals surface area contributed by atoms with Crippen molar-refractivity contribution in [1.29, 1.82) is 0 Å². The van der Waals surface area contributed by atoms with Crippen molar-refractivity contribution in [2.45, 2.75) is 52.5 Å². The Bertz CT molecular complexity index is 986. The lowest BCUT2D eigenvalue weighted by Crippen LogP contribution is -2.15. The normalized spacial score (nSPS) is 13.6. The highest BCUT2D eigenvalue weighted by atomic mass is 16.1. The molecule has 0 atom stereocenters. The topological polar surface area (TPSA) is 46.9 Å². The van der Waals surface area contributed by atoms with Crippen LogP contribution in [0.5, 0.6) is 0 Å². The van der Waals surface area contributed by atoms with Gasteiger partial charge >= 0.3 is 0 Å². The van der Waals surface area contributed by atoms with Crippen molar-refractivity contribution >= 4 is 11.6 Å². The van der Waals surface area contributed by atoms with Crippen LogP contribution in [-0.2, 0) is 19.4 Å². The molecule has 0 saturated heterocycles. The van der Waals surface area contributed by atoms with Crippen molar-refractivity contribution in [3.05, 3.63) is 71.0 Å². The Morgan fingerprint density at radius 1 is 1.11 bits per heavy atom. The molecular formula is C24H27N3O. The molecule has 0 unspecified atom stereocenters. The maximum Gasteiger partial charge on any atom is 0.276 e. The molecule has 3 aromatic rings. The average molecular weight is 374 g/mol. The molecule has 2 aromatic carbocycles. The van der Waals surface area contributed by atoms with Crippen LogP contribution in [0.4, 0.5) is 5.69 Å². The molecule has 1 aliphatic rings. The number of imidazole rings is 1. The van der Waals surface area contributed by atoms with Gasteiger partial charge in [-0.2, -0.15) is 0 Å². The van der Waals surface area contributed by atoms with Gasteiger partial charge in [0.05, 0.1) is 5.69 Å². The number of amides is 1. The number of fused-ring (bicyclic) bond motifs is 1. The second kappa shape index (κ2) is 8.01. The van der Waals surface area contributed by atoms with E-state index < -0.39 is 0 Å². The van der Waals surface area contributed by atoms with Gasteiger partial charge in [-0.25, -0.2) is 4.98 Å². The van der Waals surface area contributed by atoms with E-state index >= 15 is 0 Å². The number of nitrogens with one attached hydrogen (secondary N) is 1. The third kappa shape index (κ3) is 3.72. The average Bonchev–Trinajstić information content (AvgIpc) is 2.90. The first-order chi connectivity index (χ1) is 13.7. The number of hydrogen-bond donors (Lipinski definition) is 1. The van der Waals surface area contributed by atoms with Gasteiger partial charge in [0.2, 0.25) is 0 Å². The van der Waals surface area contributed by atoms with Crippen LogP contribution in [0, 0.1) is 6.92 Å². The van der Waals surface area contributed by atoms with Crippen LogP contribution in [0.3, 0.4) is 0 Å². The molecule has 4 heteroatoms. The minimum absolute atomic E-state index is 0.114. The van der Waals surface area contributed by atoms with E-state index in [4.69, 9.17) is 4.98 Å². The summed E-state index contributed by atoms with van der Waals surface area (Å²) >= 11 is 0. The largest absolute Gasteiger partial charge is 0.327 e. The van der Waals surface area contributed by atoms with E-state index in [0.717, 1.165) is 55.0 Å². The van der Waals surface area contributed by atoms with Crippen LogP contribution in [-0.4, -0.2) is 15.5 Å². The number of aromatic nitrogens is 2. The zero-order valence-corrected chi connectivity index (χ0v) is 16.7. The van der Waals surface area contributed by atoms with Crippen molar-refractivity contribution in [3.63, 3.8) is 0 Å². The highest BCUT2D eigenvalue weighted by Gasteiger charge is 2.24. The molecule has 1 aliphatic heterocycles. The Kier molecular flexibility index (Phi) is 5.29. The third-order valence-corrected chi connectivity index (χ3v) is 5.49. The Balaban J connectivity index is 1.71. The Morgan fingerprint density at radius 3 is 2.71 bits per heavy atom. The lowest BCUT2D eigenvalue weighted by atomic mass is 10.1. The Labute approximate surface area is 166 Å². The number of rotatable bonds is 4. The zero-order valence-electron chi connectivity index (χ0n) is 16.7. The van der Waals surface area contributed by atoms with Crippen LogP contribution in [0.1, 0.15) is 53.5 Å². The molecule has 1 N–H and O–H groups in total. The predicted molar refractivity (Wildman–Crippen MR) is 114 cm³/mol. The van der Waals surface area contributed by atoms with Gasteiger partial charge in [-0.3, -0.25) is 4.79 Å². The predicted octanol–water partition coefficient (Wildman–Crippen LogP) is 5.40. The molecule has 0 aliphatic carbocycles. The van der Waals surface area contributed by atoms with Crippen LogP contribution in [0.2, 0.25) is 0 Å². The fourth-order valence-electron chi connectivity index (χ4n) is 3.88. The van der Waals surface area contributed by atoms with Crippen molar-refractivity contribution in [2.75, 3.05) is 5.32 Å². The number of carbonyl (C=O) groups excluding carboxylic acids is 1. The van der Waals surface area contributed by atoms with Crippen LogP contribution in [0.25, 0.3) is 11.4 Å². The maximum atomic E-state index is 13.1. The summed E-state index contributed by atoms with van der Waals surface area (Å²) in [6, 6.07) is 16.4. The summed E-state index contributed by atoms with van der Waals surface area (Å²) in [6.07, 6.45) is 5.26. The molecule has 4 rings (SSSR count). The van der Waals surface area contributed by atoms with Crippen LogP contribution in [0.15, 0.2) is 48.5 Å². The van der Waals surface area contributed by atoms with Crippen molar-refractivity contribution in [1.82, 2.24) is 9.55 Å². The summed E-state index contributed by atoms with van der Waals surface area (Å²) in [5.41, 5.74) is 5.97. The first-order valence-corrected chi connectivity index (χ1v) is 10.2. The summed E-state index contributed by atoms with van der Waals surface area (Å²) < 4.78 is 2.26. The molecule has 0 bridgehead atoms. The number of anilines is 1. The van der Waals surface area contributed by atoms with Gasteiger partial charge in [0, 0.05) is 17.8 Å². The zero-order chi connectivity index (χ0) is 19.5. The second-order valence-corrected chi connectivity index (χ2v) is 7.57. The molecule has 0 spiro atoms. The molecule has 0 saturated carbocycles. The fourth-order valence-corrected chi connectivity index (χ4v) is 3.88. The molecule has 2 heterocycles.